The Labute approximate surface area is 132 Å². The molecular formula is C19H10N2S. The van der Waals surface area contributed by atoms with Gasteiger partial charge in [0.15, 0.2) is 0 Å². The molecule has 1 heterocycles. The Bertz CT molecular complexity index is 1020. The number of rotatable bonds is 0. The van der Waals surface area contributed by atoms with Gasteiger partial charge in [0.2, 0.25) is 0 Å². The summed E-state index contributed by atoms with van der Waals surface area (Å²) in [5.74, 6) is 6.18. The van der Waals surface area contributed by atoms with Crippen LogP contribution in [0, 0.1) is 41.4 Å². The normalized spacial score (nSPS) is 9.59. The van der Waals surface area contributed by atoms with Gasteiger partial charge in [0.25, 0.3) is 0 Å². The summed E-state index contributed by atoms with van der Waals surface area (Å²) >= 11 is 1.33. The Hall–Kier alpha value is -3.06. The number of nitriles is 2. The van der Waals surface area contributed by atoms with Crippen LogP contribution in [0.1, 0.15) is 27.1 Å². The van der Waals surface area contributed by atoms with E-state index in [1.807, 2.05) is 36.4 Å². The maximum Gasteiger partial charge on any atom is 0.103 e. The number of thiophene rings is 1. The minimum absolute atomic E-state index is 0.372. The van der Waals surface area contributed by atoms with Gasteiger partial charge in [0.1, 0.15) is 12.1 Å². The van der Waals surface area contributed by atoms with Crippen LogP contribution in [-0.4, -0.2) is 0 Å². The van der Waals surface area contributed by atoms with Crippen molar-refractivity contribution in [3.63, 3.8) is 0 Å². The summed E-state index contributed by atoms with van der Waals surface area (Å²) in [6.07, 6.45) is 0. The topological polar surface area (TPSA) is 47.6 Å². The zero-order valence-corrected chi connectivity index (χ0v) is 12.7. The summed E-state index contributed by atoms with van der Waals surface area (Å²) in [6, 6.07) is 16.3. The number of fused-ring (bicyclic) bond motifs is 1. The third-order valence-corrected chi connectivity index (χ3v) is 4.37. The predicted octanol–water partition coefficient (Wildman–Crippen LogP) is 4.35. The number of hydrogen-bond acceptors (Lipinski definition) is 3. The monoisotopic (exact) mass is 298 g/mol. The van der Waals surface area contributed by atoms with Crippen molar-refractivity contribution in [2.45, 2.75) is 6.92 Å². The Morgan fingerprint density at radius 3 is 2.36 bits per heavy atom. The van der Waals surface area contributed by atoms with Gasteiger partial charge in [-0.2, -0.15) is 10.5 Å². The zero-order valence-electron chi connectivity index (χ0n) is 11.8. The second-order valence-corrected chi connectivity index (χ2v) is 5.68. The molecular weight excluding hydrogens is 288 g/mol. The van der Waals surface area contributed by atoms with E-state index in [4.69, 9.17) is 10.5 Å². The van der Waals surface area contributed by atoms with Crippen molar-refractivity contribution in [3.05, 3.63) is 68.9 Å². The fourth-order valence-electron chi connectivity index (χ4n) is 2.33. The van der Waals surface area contributed by atoms with Crippen LogP contribution in [0.3, 0.4) is 0 Å². The standard InChI is InChI=1S/C19H10N2S/c1-13-6-7-14(17-5-3-2-4-16(13)17)8-9-19-18(11-21)15(10-20)12-22-19/h2-7,12H,1H3. The summed E-state index contributed by atoms with van der Waals surface area (Å²) in [5.41, 5.74) is 2.90. The van der Waals surface area contributed by atoms with Gasteiger partial charge in [-0.05, 0) is 35.2 Å². The first kappa shape index (κ1) is 13.9. The fourth-order valence-corrected chi connectivity index (χ4v) is 3.12. The highest BCUT2D eigenvalue weighted by Crippen LogP contribution is 2.23. The van der Waals surface area contributed by atoms with Crippen LogP contribution in [0.5, 0.6) is 0 Å². The molecule has 0 saturated carbocycles. The molecule has 22 heavy (non-hydrogen) atoms. The van der Waals surface area contributed by atoms with E-state index < -0.39 is 0 Å². The molecule has 0 aliphatic heterocycles. The van der Waals surface area contributed by atoms with E-state index in [2.05, 4.69) is 30.9 Å². The lowest BCUT2D eigenvalue weighted by atomic mass is 10.0. The Morgan fingerprint density at radius 1 is 0.864 bits per heavy atom. The SMILES string of the molecule is Cc1ccc(C#Cc2scc(C#N)c2C#N)c2ccccc12. The average molecular weight is 298 g/mol. The lowest BCUT2D eigenvalue weighted by Gasteiger charge is -2.03. The Balaban J connectivity index is 2.14. The minimum Gasteiger partial charge on any atom is -0.192 e. The quantitative estimate of drug-likeness (QED) is 0.579. The third-order valence-electron chi connectivity index (χ3n) is 3.48. The van der Waals surface area contributed by atoms with Crippen molar-refractivity contribution in [1.29, 1.82) is 10.5 Å². The highest BCUT2D eigenvalue weighted by atomic mass is 32.1. The minimum atomic E-state index is 0.372. The number of hydrogen-bond donors (Lipinski definition) is 0. The Kier molecular flexibility index (Phi) is 3.63. The predicted molar refractivity (Wildman–Crippen MR) is 88.4 cm³/mol. The van der Waals surface area contributed by atoms with Crippen molar-refractivity contribution in [2.24, 2.45) is 0 Å². The molecule has 0 atom stereocenters. The van der Waals surface area contributed by atoms with Crippen LogP contribution in [-0.2, 0) is 0 Å². The second-order valence-electron chi connectivity index (χ2n) is 4.80. The van der Waals surface area contributed by atoms with Crippen molar-refractivity contribution in [3.8, 4) is 24.0 Å². The number of aryl methyl sites for hydroxylation is 1. The van der Waals surface area contributed by atoms with Gasteiger partial charge in [0, 0.05) is 10.9 Å². The molecule has 0 aliphatic rings. The molecule has 0 unspecified atom stereocenters. The fraction of sp³-hybridized carbons (Fsp3) is 0.0526. The molecule has 0 radical (unpaired) electrons. The molecule has 102 valence electrons. The first-order chi connectivity index (χ1) is 10.7. The lowest BCUT2D eigenvalue weighted by molar-refractivity contribution is 1.46. The largest absolute Gasteiger partial charge is 0.192 e. The number of nitrogens with zero attached hydrogens (tertiary/aromatic N) is 2. The maximum absolute atomic E-state index is 9.16. The van der Waals surface area contributed by atoms with Crippen molar-refractivity contribution in [1.82, 2.24) is 0 Å². The van der Waals surface area contributed by atoms with E-state index in [0.29, 0.717) is 16.0 Å². The molecule has 3 rings (SSSR count). The summed E-state index contributed by atoms with van der Waals surface area (Å²) in [4.78, 5) is 0.642. The van der Waals surface area contributed by atoms with E-state index in [1.165, 1.54) is 22.3 Å². The van der Waals surface area contributed by atoms with Gasteiger partial charge < -0.3 is 0 Å². The van der Waals surface area contributed by atoms with Crippen LogP contribution in [0.2, 0.25) is 0 Å². The summed E-state index contributed by atoms with van der Waals surface area (Å²) < 4.78 is 0. The molecule has 0 amide bonds. The van der Waals surface area contributed by atoms with Gasteiger partial charge in [-0.25, -0.2) is 0 Å². The molecule has 1 aromatic heterocycles. The summed E-state index contributed by atoms with van der Waals surface area (Å²) in [6.45, 7) is 2.08. The van der Waals surface area contributed by atoms with Crippen LogP contribution >= 0.6 is 11.3 Å². The summed E-state index contributed by atoms with van der Waals surface area (Å²) in [5, 5.41) is 22.1. The molecule has 0 saturated heterocycles. The first-order valence-electron chi connectivity index (χ1n) is 6.66. The van der Waals surface area contributed by atoms with Gasteiger partial charge >= 0.3 is 0 Å². The van der Waals surface area contributed by atoms with Gasteiger partial charge in [-0.1, -0.05) is 36.3 Å². The van der Waals surface area contributed by atoms with Crippen molar-refractivity contribution in [2.75, 3.05) is 0 Å². The zero-order chi connectivity index (χ0) is 15.5. The first-order valence-corrected chi connectivity index (χ1v) is 7.54. The molecule has 2 nitrogen and oxygen atoms in total. The highest BCUT2D eigenvalue weighted by molar-refractivity contribution is 7.11. The van der Waals surface area contributed by atoms with Gasteiger partial charge in [0.05, 0.1) is 16.0 Å². The second kappa shape index (κ2) is 5.74. The van der Waals surface area contributed by atoms with Crippen LogP contribution in [0.25, 0.3) is 10.8 Å². The Morgan fingerprint density at radius 2 is 1.64 bits per heavy atom. The maximum atomic E-state index is 9.16. The van der Waals surface area contributed by atoms with Crippen molar-refractivity contribution < 1.29 is 0 Å². The van der Waals surface area contributed by atoms with E-state index in [-0.39, 0.29) is 0 Å². The molecule has 0 spiro atoms. The lowest BCUT2D eigenvalue weighted by Crippen LogP contribution is -1.84. The van der Waals surface area contributed by atoms with E-state index in [9.17, 15) is 0 Å². The van der Waals surface area contributed by atoms with Gasteiger partial charge in [-0.15, -0.1) is 11.3 Å². The van der Waals surface area contributed by atoms with E-state index in [1.54, 1.807) is 5.38 Å². The van der Waals surface area contributed by atoms with E-state index >= 15 is 0 Å². The van der Waals surface area contributed by atoms with Crippen molar-refractivity contribution >= 4 is 22.1 Å². The summed E-state index contributed by atoms with van der Waals surface area (Å²) in [7, 11) is 0. The molecule has 0 bridgehead atoms. The molecule has 3 aromatic rings. The average Bonchev–Trinajstić information content (AvgIpc) is 2.96. The molecule has 0 fully saturated rings. The van der Waals surface area contributed by atoms with Crippen LogP contribution in [0.15, 0.2) is 41.8 Å². The van der Waals surface area contributed by atoms with Crippen LogP contribution < -0.4 is 0 Å². The highest BCUT2D eigenvalue weighted by Gasteiger charge is 2.09. The van der Waals surface area contributed by atoms with E-state index in [0.717, 1.165) is 10.9 Å². The molecule has 0 aliphatic carbocycles. The molecule has 2 aromatic carbocycles. The third kappa shape index (κ3) is 2.33. The molecule has 0 N–H and O–H groups in total. The van der Waals surface area contributed by atoms with Crippen LogP contribution in [0.4, 0.5) is 0 Å². The van der Waals surface area contributed by atoms with Gasteiger partial charge in [-0.3, -0.25) is 0 Å². The smallest absolute Gasteiger partial charge is 0.103 e. The number of benzene rings is 2. The molecule has 3 heteroatoms.